The standard InChI is InChI=1S/C11H15N3O3/c12-8-3-4-14(6-8)7-10(15)13-11(16)9-2-1-5-17-9/h1-2,5,8H,3-4,6-7,12H2,(H,13,15,16)/t8-/m0/s1. The van der Waals surface area contributed by atoms with Crippen LogP contribution >= 0.6 is 0 Å². The Balaban J connectivity index is 1.79. The van der Waals surface area contributed by atoms with Crippen molar-refractivity contribution in [2.45, 2.75) is 12.5 Å². The monoisotopic (exact) mass is 237 g/mol. The summed E-state index contributed by atoms with van der Waals surface area (Å²) in [5.41, 5.74) is 5.72. The van der Waals surface area contributed by atoms with Gasteiger partial charge in [-0.25, -0.2) is 0 Å². The number of nitrogens with two attached hydrogens (primary N) is 1. The summed E-state index contributed by atoms with van der Waals surface area (Å²) >= 11 is 0. The molecule has 1 saturated heterocycles. The van der Waals surface area contributed by atoms with Gasteiger partial charge in [-0.05, 0) is 18.6 Å². The van der Waals surface area contributed by atoms with Crippen molar-refractivity contribution >= 4 is 11.8 Å². The molecule has 0 aliphatic carbocycles. The Bertz CT molecular complexity index is 402. The number of likely N-dealkylation sites (tertiary alicyclic amines) is 1. The zero-order chi connectivity index (χ0) is 12.3. The molecule has 2 rings (SSSR count). The van der Waals surface area contributed by atoms with Crippen molar-refractivity contribution in [2.24, 2.45) is 5.73 Å². The highest BCUT2D eigenvalue weighted by Crippen LogP contribution is 2.05. The molecule has 6 nitrogen and oxygen atoms in total. The van der Waals surface area contributed by atoms with Crippen LogP contribution in [0.1, 0.15) is 17.0 Å². The molecule has 0 saturated carbocycles. The summed E-state index contributed by atoms with van der Waals surface area (Å²) in [5.74, 6) is -0.708. The molecule has 1 fully saturated rings. The SMILES string of the molecule is N[C@H]1CCN(CC(=O)NC(=O)c2ccco2)C1. The first-order valence-corrected chi connectivity index (χ1v) is 5.51. The van der Waals surface area contributed by atoms with Crippen LogP contribution in [0, 0.1) is 0 Å². The van der Waals surface area contributed by atoms with Gasteiger partial charge in [0, 0.05) is 19.1 Å². The van der Waals surface area contributed by atoms with Crippen molar-refractivity contribution in [3.63, 3.8) is 0 Å². The average molecular weight is 237 g/mol. The van der Waals surface area contributed by atoms with Crippen molar-refractivity contribution in [1.82, 2.24) is 10.2 Å². The molecule has 92 valence electrons. The minimum Gasteiger partial charge on any atom is -0.459 e. The van der Waals surface area contributed by atoms with Crippen molar-refractivity contribution < 1.29 is 14.0 Å². The molecule has 0 unspecified atom stereocenters. The third-order valence-corrected chi connectivity index (χ3v) is 2.67. The number of nitrogens with one attached hydrogen (secondary N) is 1. The van der Waals surface area contributed by atoms with E-state index in [1.54, 1.807) is 6.07 Å². The largest absolute Gasteiger partial charge is 0.459 e. The highest BCUT2D eigenvalue weighted by atomic mass is 16.3. The van der Waals surface area contributed by atoms with Crippen LogP contribution in [0.2, 0.25) is 0 Å². The lowest BCUT2D eigenvalue weighted by atomic mass is 10.3. The lowest BCUT2D eigenvalue weighted by Crippen LogP contribution is -2.39. The van der Waals surface area contributed by atoms with Gasteiger partial charge in [-0.15, -0.1) is 0 Å². The number of carbonyl (C=O) groups is 2. The zero-order valence-electron chi connectivity index (χ0n) is 9.39. The fourth-order valence-corrected chi connectivity index (χ4v) is 1.84. The van der Waals surface area contributed by atoms with Gasteiger partial charge in [-0.2, -0.15) is 0 Å². The Kier molecular flexibility index (Phi) is 3.55. The molecule has 0 bridgehead atoms. The second kappa shape index (κ2) is 5.11. The first kappa shape index (κ1) is 11.8. The van der Waals surface area contributed by atoms with E-state index in [2.05, 4.69) is 5.32 Å². The van der Waals surface area contributed by atoms with Gasteiger partial charge in [-0.3, -0.25) is 19.8 Å². The quantitative estimate of drug-likeness (QED) is 0.744. The number of amides is 2. The highest BCUT2D eigenvalue weighted by molar-refractivity contribution is 6.03. The van der Waals surface area contributed by atoms with Gasteiger partial charge in [0.25, 0.3) is 5.91 Å². The number of rotatable bonds is 3. The summed E-state index contributed by atoms with van der Waals surface area (Å²) in [6.07, 6.45) is 2.28. The smallest absolute Gasteiger partial charge is 0.293 e. The van der Waals surface area contributed by atoms with Crippen molar-refractivity contribution in [2.75, 3.05) is 19.6 Å². The molecule has 3 N–H and O–H groups in total. The Morgan fingerprint density at radius 1 is 1.59 bits per heavy atom. The molecule has 0 radical (unpaired) electrons. The van der Waals surface area contributed by atoms with Crippen LogP contribution < -0.4 is 11.1 Å². The molecule has 1 atom stereocenters. The first-order valence-electron chi connectivity index (χ1n) is 5.51. The average Bonchev–Trinajstić information content (AvgIpc) is 2.89. The van der Waals surface area contributed by atoms with E-state index < -0.39 is 5.91 Å². The summed E-state index contributed by atoms with van der Waals surface area (Å²) < 4.78 is 4.89. The third kappa shape index (κ3) is 3.15. The van der Waals surface area contributed by atoms with E-state index in [1.807, 2.05) is 4.90 Å². The molecule has 1 aliphatic rings. The number of nitrogens with zero attached hydrogens (tertiary/aromatic N) is 1. The molecule has 1 aromatic heterocycles. The van der Waals surface area contributed by atoms with Crippen LogP contribution in [-0.2, 0) is 4.79 Å². The van der Waals surface area contributed by atoms with E-state index >= 15 is 0 Å². The van der Waals surface area contributed by atoms with Gasteiger partial charge < -0.3 is 10.2 Å². The zero-order valence-corrected chi connectivity index (χ0v) is 9.39. The molecule has 17 heavy (non-hydrogen) atoms. The predicted octanol–water partition coefficient (Wildman–Crippen LogP) is -0.431. The molecule has 1 aromatic rings. The summed E-state index contributed by atoms with van der Waals surface area (Å²) in [7, 11) is 0. The summed E-state index contributed by atoms with van der Waals surface area (Å²) in [6, 6.07) is 3.23. The van der Waals surface area contributed by atoms with Gasteiger partial charge in [0.05, 0.1) is 12.8 Å². The molecule has 1 aliphatic heterocycles. The predicted molar refractivity (Wildman–Crippen MR) is 60.2 cm³/mol. The Labute approximate surface area is 98.7 Å². The number of carbonyl (C=O) groups excluding carboxylic acids is 2. The molecule has 0 aromatic carbocycles. The lowest BCUT2D eigenvalue weighted by Gasteiger charge is -2.13. The Morgan fingerprint density at radius 2 is 2.41 bits per heavy atom. The molecular weight excluding hydrogens is 222 g/mol. The van der Waals surface area contributed by atoms with E-state index in [4.69, 9.17) is 10.2 Å². The second-order valence-electron chi connectivity index (χ2n) is 4.14. The van der Waals surface area contributed by atoms with E-state index in [9.17, 15) is 9.59 Å². The molecule has 6 heteroatoms. The number of imide groups is 1. The van der Waals surface area contributed by atoms with Crippen LogP contribution in [0.15, 0.2) is 22.8 Å². The fourth-order valence-electron chi connectivity index (χ4n) is 1.84. The lowest BCUT2D eigenvalue weighted by molar-refractivity contribution is -0.121. The van der Waals surface area contributed by atoms with Crippen molar-refractivity contribution in [1.29, 1.82) is 0 Å². The number of furan rings is 1. The number of hydrogen-bond donors (Lipinski definition) is 2. The highest BCUT2D eigenvalue weighted by Gasteiger charge is 2.22. The summed E-state index contributed by atoms with van der Waals surface area (Å²) in [6.45, 7) is 1.69. The van der Waals surface area contributed by atoms with E-state index in [0.29, 0.717) is 6.54 Å². The maximum Gasteiger partial charge on any atom is 0.293 e. The normalized spacial score (nSPS) is 20.4. The first-order chi connectivity index (χ1) is 8.15. The Morgan fingerprint density at radius 3 is 3.00 bits per heavy atom. The Hall–Kier alpha value is -1.66. The van der Waals surface area contributed by atoms with E-state index in [1.165, 1.54) is 12.3 Å². The second-order valence-corrected chi connectivity index (χ2v) is 4.14. The van der Waals surface area contributed by atoms with Gasteiger partial charge in [-0.1, -0.05) is 0 Å². The summed E-state index contributed by atoms with van der Waals surface area (Å²) in [5, 5.41) is 2.27. The minimum atomic E-state index is -0.511. The van der Waals surface area contributed by atoms with Crippen LogP contribution in [0.5, 0.6) is 0 Å². The van der Waals surface area contributed by atoms with Crippen LogP contribution in [0.25, 0.3) is 0 Å². The molecule has 2 heterocycles. The van der Waals surface area contributed by atoms with Gasteiger partial charge in [0.1, 0.15) is 0 Å². The van der Waals surface area contributed by atoms with Crippen LogP contribution in [0.4, 0.5) is 0 Å². The van der Waals surface area contributed by atoms with E-state index in [-0.39, 0.29) is 24.3 Å². The van der Waals surface area contributed by atoms with Crippen LogP contribution in [-0.4, -0.2) is 42.4 Å². The summed E-state index contributed by atoms with van der Waals surface area (Å²) in [4.78, 5) is 25.0. The maximum atomic E-state index is 11.6. The van der Waals surface area contributed by atoms with Crippen molar-refractivity contribution in [3.8, 4) is 0 Å². The van der Waals surface area contributed by atoms with Gasteiger partial charge in [0.2, 0.25) is 5.91 Å². The number of hydrogen-bond acceptors (Lipinski definition) is 5. The molecule has 0 spiro atoms. The molecular formula is C11H15N3O3. The van der Waals surface area contributed by atoms with Gasteiger partial charge >= 0.3 is 0 Å². The van der Waals surface area contributed by atoms with Crippen LogP contribution in [0.3, 0.4) is 0 Å². The van der Waals surface area contributed by atoms with Gasteiger partial charge in [0.15, 0.2) is 5.76 Å². The molecule has 2 amide bonds. The fraction of sp³-hybridized carbons (Fsp3) is 0.455. The van der Waals surface area contributed by atoms with Crippen molar-refractivity contribution in [3.05, 3.63) is 24.2 Å². The maximum absolute atomic E-state index is 11.6. The minimum absolute atomic E-state index is 0.128. The topological polar surface area (TPSA) is 88.6 Å². The third-order valence-electron chi connectivity index (χ3n) is 2.67. The van der Waals surface area contributed by atoms with E-state index in [0.717, 1.165) is 13.0 Å².